The molecule has 14 heavy (non-hydrogen) atoms. The van der Waals surface area contributed by atoms with Crippen LogP contribution in [0.3, 0.4) is 0 Å². The van der Waals surface area contributed by atoms with E-state index in [1.807, 2.05) is 4.90 Å². The Hall–Kier alpha value is -1.29. The van der Waals surface area contributed by atoms with Crippen molar-refractivity contribution in [1.29, 1.82) is 0 Å². The highest BCUT2D eigenvalue weighted by Gasteiger charge is 2.42. The number of furan rings is 1. The molecule has 0 radical (unpaired) electrons. The SMILES string of the molecule is O=C(c1ccco1)N1CC2CC1CO2. The first-order valence-corrected chi connectivity index (χ1v) is 4.80. The molecule has 0 aliphatic carbocycles. The summed E-state index contributed by atoms with van der Waals surface area (Å²) in [6.07, 6.45) is 2.75. The molecule has 0 N–H and O–H groups in total. The van der Waals surface area contributed by atoms with E-state index in [2.05, 4.69) is 0 Å². The molecule has 3 rings (SSSR count). The lowest BCUT2D eigenvalue weighted by Gasteiger charge is -2.25. The predicted octanol–water partition coefficient (Wildman–Crippen LogP) is 0.893. The molecule has 2 aliphatic heterocycles. The standard InChI is InChI=1S/C10H11NO3/c12-10(9-2-1-3-13-9)11-5-8-4-7(11)6-14-8/h1-3,7-8H,4-6H2. The largest absolute Gasteiger partial charge is 0.459 e. The monoisotopic (exact) mass is 193 g/mol. The third kappa shape index (κ3) is 1.07. The summed E-state index contributed by atoms with van der Waals surface area (Å²) in [5.41, 5.74) is 0. The van der Waals surface area contributed by atoms with Crippen LogP contribution in [0.25, 0.3) is 0 Å². The van der Waals surface area contributed by atoms with E-state index < -0.39 is 0 Å². The van der Waals surface area contributed by atoms with E-state index in [-0.39, 0.29) is 18.1 Å². The Morgan fingerprint density at radius 2 is 2.50 bits per heavy atom. The van der Waals surface area contributed by atoms with Gasteiger partial charge in [0.25, 0.3) is 5.91 Å². The minimum absolute atomic E-state index is 0.00852. The van der Waals surface area contributed by atoms with Crippen molar-refractivity contribution in [2.75, 3.05) is 13.2 Å². The van der Waals surface area contributed by atoms with Crippen LogP contribution in [0.5, 0.6) is 0 Å². The van der Waals surface area contributed by atoms with Crippen LogP contribution < -0.4 is 0 Å². The van der Waals surface area contributed by atoms with Crippen LogP contribution in [0.2, 0.25) is 0 Å². The number of amides is 1. The van der Waals surface area contributed by atoms with Gasteiger partial charge in [-0.3, -0.25) is 4.79 Å². The van der Waals surface area contributed by atoms with Crippen molar-refractivity contribution >= 4 is 5.91 Å². The zero-order chi connectivity index (χ0) is 9.54. The summed E-state index contributed by atoms with van der Waals surface area (Å²) in [5.74, 6) is 0.420. The Morgan fingerprint density at radius 1 is 1.57 bits per heavy atom. The van der Waals surface area contributed by atoms with Gasteiger partial charge in [-0.05, 0) is 18.6 Å². The topological polar surface area (TPSA) is 42.7 Å². The number of carbonyl (C=O) groups is 1. The van der Waals surface area contributed by atoms with E-state index in [0.29, 0.717) is 18.9 Å². The molecule has 0 saturated carbocycles. The van der Waals surface area contributed by atoms with Gasteiger partial charge in [-0.2, -0.15) is 0 Å². The van der Waals surface area contributed by atoms with Crippen molar-refractivity contribution in [3.63, 3.8) is 0 Å². The van der Waals surface area contributed by atoms with Crippen molar-refractivity contribution in [1.82, 2.24) is 4.90 Å². The van der Waals surface area contributed by atoms with E-state index in [1.165, 1.54) is 6.26 Å². The zero-order valence-corrected chi connectivity index (χ0v) is 7.68. The minimum atomic E-state index is -0.00852. The minimum Gasteiger partial charge on any atom is -0.459 e. The summed E-state index contributed by atoms with van der Waals surface area (Å²) in [6.45, 7) is 1.39. The molecule has 74 valence electrons. The highest BCUT2D eigenvalue weighted by Crippen LogP contribution is 2.28. The number of ether oxygens (including phenoxy) is 1. The van der Waals surface area contributed by atoms with Crippen molar-refractivity contribution in [2.45, 2.75) is 18.6 Å². The zero-order valence-electron chi connectivity index (χ0n) is 7.68. The van der Waals surface area contributed by atoms with Gasteiger partial charge >= 0.3 is 0 Å². The number of morpholine rings is 1. The lowest BCUT2D eigenvalue weighted by Crippen LogP contribution is -2.41. The first-order chi connectivity index (χ1) is 6.84. The lowest BCUT2D eigenvalue weighted by atomic mass is 10.2. The molecule has 2 unspecified atom stereocenters. The van der Waals surface area contributed by atoms with E-state index >= 15 is 0 Å². The molecule has 2 aliphatic rings. The van der Waals surface area contributed by atoms with E-state index in [1.54, 1.807) is 12.1 Å². The van der Waals surface area contributed by atoms with Crippen LogP contribution in [-0.2, 0) is 4.74 Å². The molecule has 2 bridgehead atoms. The van der Waals surface area contributed by atoms with Crippen LogP contribution in [0, 0.1) is 0 Å². The Labute approximate surface area is 81.4 Å². The first-order valence-electron chi connectivity index (χ1n) is 4.80. The number of nitrogens with zero attached hydrogens (tertiary/aromatic N) is 1. The van der Waals surface area contributed by atoms with Crippen molar-refractivity contribution in [3.8, 4) is 0 Å². The molecule has 4 heteroatoms. The second-order valence-electron chi connectivity index (χ2n) is 3.78. The molecule has 2 fully saturated rings. The highest BCUT2D eigenvalue weighted by atomic mass is 16.5. The molecule has 0 aromatic carbocycles. The highest BCUT2D eigenvalue weighted by molar-refractivity contribution is 5.92. The fourth-order valence-electron chi connectivity index (χ4n) is 2.19. The van der Waals surface area contributed by atoms with Crippen molar-refractivity contribution < 1.29 is 13.9 Å². The van der Waals surface area contributed by atoms with Crippen LogP contribution in [-0.4, -0.2) is 36.1 Å². The molecular formula is C10H11NO3. The maximum Gasteiger partial charge on any atom is 0.289 e. The number of fused-ring (bicyclic) bond motifs is 2. The molecule has 1 aromatic heterocycles. The maximum absolute atomic E-state index is 11.9. The van der Waals surface area contributed by atoms with Crippen LogP contribution in [0.1, 0.15) is 17.0 Å². The number of hydrogen-bond acceptors (Lipinski definition) is 3. The molecule has 0 spiro atoms. The normalized spacial score (nSPS) is 29.9. The molecule has 4 nitrogen and oxygen atoms in total. The van der Waals surface area contributed by atoms with Gasteiger partial charge in [0.2, 0.25) is 0 Å². The average molecular weight is 193 g/mol. The van der Waals surface area contributed by atoms with Gasteiger partial charge in [-0.15, -0.1) is 0 Å². The molecule has 2 atom stereocenters. The third-order valence-corrected chi connectivity index (χ3v) is 2.89. The summed E-state index contributed by atoms with van der Waals surface area (Å²) in [7, 11) is 0. The quantitative estimate of drug-likeness (QED) is 0.665. The third-order valence-electron chi connectivity index (χ3n) is 2.89. The van der Waals surface area contributed by atoms with Crippen molar-refractivity contribution in [3.05, 3.63) is 24.2 Å². The summed E-state index contributed by atoms with van der Waals surface area (Å²) in [5, 5.41) is 0. The Balaban J connectivity index is 1.81. The van der Waals surface area contributed by atoms with Crippen LogP contribution in [0.15, 0.2) is 22.8 Å². The fraction of sp³-hybridized carbons (Fsp3) is 0.500. The van der Waals surface area contributed by atoms with E-state index in [9.17, 15) is 4.79 Å². The Bertz CT molecular complexity index is 346. The summed E-state index contributed by atoms with van der Waals surface area (Å²) in [6, 6.07) is 3.70. The summed E-state index contributed by atoms with van der Waals surface area (Å²) < 4.78 is 10.5. The number of likely N-dealkylation sites (tertiary alicyclic amines) is 1. The lowest BCUT2D eigenvalue weighted by molar-refractivity contribution is 0.0241. The predicted molar refractivity (Wildman–Crippen MR) is 47.9 cm³/mol. The fourth-order valence-corrected chi connectivity index (χ4v) is 2.19. The van der Waals surface area contributed by atoms with Gasteiger partial charge in [0.1, 0.15) is 0 Å². The number of rotatable bonds is 1. The maximum atomic E-state index is 11.9. The molecule has 3 heterocycles. The Kier molecular flexibility index (Phi) is 1.64. The van der Waals surface area contributed by atoms with E-state index in [4.69, 9.17) is 9.15 Å². The average Bonchev–Trinajstić information content (AvgIpc) is 2.93. The first kappa shape index (κ1) is 8.05. The molecule has 1 aromatic rings. The van der Waals surface area contributed by atoms with Gasteiger partial charge in [0.15, 0.2) is 5.76 Å². The Morgan fingerprint density at radius 3 is 3.07 bits per heavy atom. The molecule has 1 amide bonds. The number of carbonyl (C=O) groups excluding carboxylic acids is 1. The van der Waals surface area contributed by atoms with Gasteiger partial charge < -0.3 is 14.1 Å². The summed E-state index contributed by atoms with van der Waals surface area (Å²) in [4.78, 5) is 13.7. The smallest absolute Gasteiger partial charge is 0.289 e. The van der Waals surface area contributed by atoms with Gasteiger partial charge in [-0.1, -0.05) is 0 Å². The second-order valence-corrected chi connectivity index (χ2v) is 3.78. The van der Waals surface area contributed by atoms with Gasteiger partial charge in [-0.25, -0.2) is 0 Å². The molecule has 2 saturated heterocycles. The van der Waals surface area contributed by atoms with Gasteiger partial charge in [0, 0.05) is 6.54 Å². The second kappa shape index (κ2) is 2.85. The number of hydrogen-bond donors (Lipinski definition) is 0. The summed E-state index contributed by atoms with van der Waals surface area (Å²) >= 11 is 0. The molecular weight excluding hydrogens is 182 g/mol. The van der Waals surface area contributed by atoms with Crippen LogP contribution in [0.4, 0.5) is 0 Å². The van der Waals surface area contributed by atoms with Gasteiger partial charge in [0.05, 0.1) is 25.0 Å². The van der Waals surface area contributed by atoms with E-state index in [0.717, 1.165) is 6.42 Å². The van der Waals surface area contributed by atoms with Crippen molar-refractivity contribution in [2.24, 2.45) is 0 Å². The van der Waals surface area contributed by atoms with Crippen LogP contribution >= 0.6 is 0 Å².